The third-order valence-corrected chi connectivity index (χ3v) is 3.20. The zero-order valence-electron chi connectivity index (χ0n) is 10.7. The molecular weight excluding hydrogens is 246 g/mol. The van der Waals surface area contributed by atoms with Gasteiger partial charge in [-0.3, -0.25) is 0 Å². The van der Waals surface area contributed by atoms with Crippen LogP contribution in [0.5, 0.6) is 11.5 Å². The van der Waals surface area contributed by atoms with E-state index >= 15 is 0 Å². The number of imidazole rings is 1. The lowest BCUT2D eigenvalue weighted by Gasteiger charge is -2.10. The normalized spacial score (nSPS) is 18.1. The molecule has 0 radical (unpaired) electrons. The number of hydrogen-bond acceptors (Lipinski definition) is 5. The maximum absolute atomic E-state index is 9.51. The largest absolute Gasteiger partial charge is 0.489 e. The number of aliphatic hydroxyl groups is 1. The van der Waals surface area contributed by atoms with Crippen LogP contribution in [0.25, 0.3) is 11.0 Å². The Morgan fingerprint density at radius 2 is 2.00 bits per heavy atom. The van der Waals surface area contributed by atoms with Gasteiger partial charge in [-0.1, -0.05) is 0 Å². The molecule has 0 bridgehead atoms. The van der Waals surface area contributed by atoms with Crippen LogP contribution in [-0.2, 0) is 0 Å². The average molecular weight is 263 g/mol. The van der Waals surface area contributed by atoms with Crippen molar-refractivity contribution < 1.29 is 14.6 Å². The van der Waals surface area contributed by atoms with Crippen LogP contribution >= 0.6 is 0 Å². The summed E-state index contributed by atoms with van der Waals surface area (Å²) >= 11 is 0. The fraction of sp³-hybridized carbons (Fsp3) is 0.462. The number of nitrogens with zero attached hydrogens (tertiary/aromatic N) is 1. The maximum Gasteiger partial charge on any atom is 0.163 e. The van der Waals surface area contributed by atoms with Gasteiger partial charge in [0.1, 0.15) is 5.82 Å². The van der Waals surface area contributed by atoms with Gasteiger partial charge in [-0.25, -0.2) is 4.98 Å². The highest BCUT2D eigenvalue weighted by atomic mass is 16.5. The van der Waals surface area contributed by atoms with E-state index in [0.29, 0.717) is 30.5 Å². The highest BCUT2D eigenvalue weighted by Crippen LogP contribution is 2.33. The zero-order chi connectivity index (χ0) is 13.4. The van der Waals surface area contributed by atoms with Crippen molar-refractivity contribution in [2.75, 3.05) is 13.2 Å². The number of rotatable bonds is 2. The minimum Gasteiger partial charge on any atom is -0.489 e. The predicted molar refractivity (Wildman–Crippen MR) is 70.3 cm³/mol. The maximum atomic E-state index is 9.51. The summed E-state index contributed by atoms with van der Waals surface area (Å²) in [5, 5.41) is 9.51. The molecule has 1 aromatic carbocycles. The molecule has 2 atom stereocenters. The average Bonchev–Trinajstić information content (AvgIpc) is 2.65. The van der Waals surface area contributed by atoms with Crippen molar-refractivity contribution in [2.24, 2.45) is 5.73 Å². The molecule has 0 fully saturated rings. The van der Waals surface area contributed by atoms with Gasteiger partial charge in [0.25, 0.3) is 0 Å². The summed E-state index contributed by atoms with van der Waals surface area (Å²) in [6, 6.07) is 3.17. The Hall–Kier alpha value is -1.79. The topological polar surface area (TPSA) is 93.4 Å². The molecule has 1 aliphatic heterocycles. The summed E-state index contributed by atoms with van der Waals surface area (Å²) in [5.74, 6) is 1.98. The standard InChI is InChI=1S/C13H17N3O3/c1-7(17)12(14)13-15-8-5-10-11(6-9(8)16-13)19-4-2-3-18-10/h5-7,12,17H,2-4,14H2,1H3,(H,15,16). The van der Waals surface area contributed by atoms with E-state index in [1.165, 1.54) is 0 Å². The lowest BCUT2D eigenvalue weighted by Crippen LogP contribution is -2.24. The first-order valence-electron chi connectivity index (χ1n) is 6.38. The zero-order valence-corrected chi connectivity index (χ0v) is 10.7. The molecule has 19 heavy (non-hydrogen) atoms. The van der Waals surface area contributed by atoms with Crippen LogP contribution in [0.1, 0.15) is 25.2 Å². The number of hydrogen-bond donors (Lipinski definition) is 3. The number of aromatic amines is 1. The van der Waals surface area contributed by atoms with Crippen LogP contribution in [-0.4, -0.2) is 34.4 Å². The number of H-pyrrole nitrogens is 1. The minimum absolute atomic E-state index is 0.533. The van der Waals surface area contributed by atoms with Crippen molar-refractivity contribution in [1.29, 1.82) is 0 Å². The molecule has 2 unspecified atom stereocenters. The summed E-state index contributed by atoms with van der Waals surface area (Å²) in [6.07, 6.45) is 0.208. The van der Waals surface area contributed by atoms with Crippen molar-refractivity contribution in [3.63, 3.8) is 0 Å². The van der Waals surface area contributed by atoms with E-state index in [1.54, 1.807) is 6.92 Å². The van der Waals surface area contributed by atoms with Crippen LogP contribution in [0.15, 0.2) is 12.1 Å². The van der Waals surface area contributed by atoms with E-state index in [2.05, 4.69) is 9.97 Å². The molecule has 4 N–H and O–H groups in total. The second-order valence-electron chi connectivity index (χ2n) is 4.75. The molecule has 3 rings (SSSR count). The van der Waals surface area contributed by atoms with E-state index in [-0.39, 0.29) is 0 Å². The first-order chi connectivity index (χ1) is 9.15. The predicted octanol–water partition coefficient (Wildman–Crippen LogP) is 1.10. The summed E-state index contributed by atoms with van der Waals surface area (Å²) < 4.78 is 11.2. The van der Waals surface area contributed by atoms with Crippen LogP contribution in [0.2, 0.25) is 0 Å². The lowest BCUT2D eigenvalue weighted by molar-refractivity contribution is 0.161. The fourth-order valence-electron chi connectivity index (χ4n) is 2.07. The molecule has 0 saturated heterocycles. The van der Waals surface area contributed by atoms with E-state index in [0.717, 1.165) is 17.5 Å². The van der Waals surface area contributed by atoms with Gasteiger partial charge in [0.05, 0.1) is 36.4 Å². The molecule has 0 spiro atoms. The number of nitrogens with two attached hydrogens (primary N) is 1. The Bertz CT molecular complexity index is 551. The number of fused-ring (bicyclic) bond motifs is 2. The molecule has 1 aromatic heterocycles. The highest BCUT2D eigenvalue weighted by Gasteiger charge is 2.18. The van der Waals surface area contributed by atoms with Crippen LogP contribution in [0.4, 0.5) is 0 Å². The fourth-order valence-corrected chi connectivity index (χ4v) is 2.07. The molecule has 2 aromatic rings. The smallest absolute Gasteiger partial charge is 0.163 e. The second-order valence-corrected chi connectivity index (χ2v) is 4.75. The van der Waals surface area contributed by atoms with Crippen molar-refractivity contribution in [3.05, 3.63) is 18.0 Å². The number of benzene rings is 1. The quantitative estimate of drug-likeness (QED) is 0.754. The molecule has 1 aliphatic rings. The summed E-state index contributed by atoms with van der Waals surface area (Å²) in [4.78, 5) is 7.51. The van der Waals surface area contributed by atoms with E-state index < -0.39 is 12.1 Å². The second kappa shape index (κ2) is 4.71. The Kier molecular flexibility index (Phi) is 3.04. The first-order valence-corrected chi connectivity index (χ1v) is 6.38. The molecular formula is C13H17N3O3. The monoisotopic (exact) mass is 263 g/mol. The summed E-state index contributed by atoms with van der Waals surface area (Å²) in [5.41, 5.74) is 7.46. The molecule has 2 heterocycles. The first kappa shape index (κ1) is 12.3. The van der Waals surface area contributed by atoms with Gasteiger partial charge in [-0.05, 0) is 6.92 Å². The molecule has 102 valence electrons. The SMILES string of the molecule is CC(O)C(N)c1nc2cc3c(cc2[nH]1)OCCCO3. The Morgan fingerprint density at radius 3 is 2.68 bits per heavy atom. The molecule has 6 heteroatoms. The van der Waals surface area contributed by atoms with Crippen LogP contribution in [0, 0.1) is 0 Å². The van der Waals surface area contributed by atoms with Crippen LogP contribution in [0.3, 0.4) is 0 Å². The van der Waals surface area contributed by atoms with Gasteiger partial charge in [0, 0.05) is 18.6 Å². The van der Waals surface area contributed by atoms with E-state index in [4.69, 9.17) is 15.2 Å². The van der Waals surface area contributed by atoms with Crippen LogP contribution < -0.4 is 15.2 Å². The van der Waals surface area contributed by atoms with Gasteiger partial charge >= 0.3 is 0 Å². The van der Waals surface area contributed by atoms with Crippen molar-refractivity contribution in [3.8, 4) is 11.5 Å². The number of aliphatic hydroxyl groups excluding tert-OH is 1. The Labute approximate surface area is 110 Å². The van der Waals surface area contributed by atoms with E-state index in [1.807, 2.05) is 12.1 Å². The molecule has 6 nitrogen and oxygen atoms in total. The van der Waals surface area contributed by atoms with Gasteiger partial charge in [0.2, 0.25) is 0 Å². The number of ether oxygens (including phenoxy) is 2. The molecule has 0 saturated carbocycles. The van der Waals surface area contributed by atoms with Crippen molar-refractivity contribution in [2.45, 2.75) is 25.5 Å². The third kappa shape index (κ3) is 2.24. The van der Waals surface area contributed by atoms with E-state index in [9.17, 15) is 5.11 Å². The van der Waals surface area contributed by atoms with Crippen molar-refractivity contribution >= 4 is 11.0 Å². The minimum atomic E-state index is -0.661. The number of aromatic nitrogens is 2. The van der Waals surface area contributed by atoms with Gasteiger partial charge in [-0.15, -0.1) is 0 Å². The molecule has 0 amide bonds. The third-order valence-electron chi connectivity index (χ3n) is 3.20. The Morgan fingerprint density at radius 1 is 1.32 bits per heavy atom. The highest BCUT2D eigenvalue weighted by molar-refractivity contribution is 5.80. The van der Waals surface area contributed by atoms with Gasteiger partial charge in [0.15, 0.2) is 11.5 Å². The molecule has 0 aliphatic carbocycles. The van der Waals surface area contributed by atoms with Gasteiger partial charge in [-0.2, -0.15) is 0 Å². The van der Waals surface area contributed by atoms with Gasteiger partial charge < -0.3 is 25.3 Å². The Balaban J connectivity index is 2.04. The van der Waals surface area contributed by atoms with Crippen molar-refractivity contribution in [1.82, 2.24) is 9.97 Å². The number of nitrogens with one attached hydrogen (secondary N) is 1. The lowest BCUT2D eigenvalue weighted by atomic mass is 10.2. The summed E-state index contributed by atoms with van der Waals surface area (Å²) in [6.45, 7) is 2.93. The summed E-state index contributed by atoms with van der Waals surface area (Å²) in [7, 11) is 0.